The van der Waals surface area contributed by atoms with E-state index in [1.165, 1.54) is 0 Å². The number of nitrogens with zero attached hydrogens (tertiary/aromatic N) is 1. The number of amides is 1. The molecule has 1 aliphatic rings. The van der Waals surface area contributed by atoms with Crippen LogP contribution in [0.2, 0.25) is 5.02 Å². The monoisotopic (exact) mass is 487 g/mol. The fraction of sp³-hybridized carbons (Fsp3) is 0.241. The molecule has 6 heteroatoms. The van der Waals surface area contributed by atoms with Gasteiger partial charge in [-0.3, -0.25) is 14.5 Å². The largest absolute Gasteiger partial charge is 0.494 e. The minimum atomic E-state index is -0.675. The van der Waals surface area contributed by atoms with Gasteiger partial charge in [0.25, 0.3) is 5.91 Å². The van der Waals surface area contributed by atoms with Gasteiger partial charge < -0.3 is 9.15 Å². The molecular weight excluding hydrogens is 462 g/mol. The summed E-state index contributed by atoms with van der Waals surface area (Å²) in [6.45, 7) is 6.79. The molecule has 0 saturated heterocycles. The summed E-state index contributed by atoms with van der Waals surface area (Å²) in [5.74, 6) is 0.897. The Kier molecular flexibility index (Phi) is 6.12. The standard InChI is InChI=1S/C29H26ClNO4/c1-17(2)13-14-34-21-8-6-7-19(15-21)26-25-27(32)22-9-4-5-10-24(22)35-28(25)29(33)31(26)20-12-11-18(3)23(30)16-20/h4-12,15-17,26H,13-14H2,1-3H3. The van der Waals surface area contributed by atoms with Gasteiger partial charge >= 0.3 is 0 Å². The lowest BCUT2D eigenvalue weighted by Gasteiger charge is -2.26. The highest BCUT2D eigenvalue weighted by atomic mass is 35.5. The van der Waals surface area contributed by atoms with Gasteiger partial charge in [0.05, 0.1) is 23.6 Å². The highest BCUT2D eigenvalue weighted by Gasteiger charge is 2.43. The van der Waals surface area contributed by atoms with Crippen molar-refractivity contribution < 1.29 is 13.9 Å². The molecule has 5 nitrogen and oxygen atoms in total. The summed E-state index contributed by atoms with van der Waals surface area (Å²) in [5.41, 5.74) is 2.75. The molecule has 0 saturated carbocycles. The molecule has 2 heterocycles. The fourth-order valence-electron chi connectivity index (χ4n) is 4.42. The van der Waals surface area contributed by atoms with Crippen molar-refractivity contribution in [2.24, 2.45) is 5.92 Å². The molecule has 1 aromatic heterocycles. The quantitative estimate of drug-likeness (QED) is 0.296. The van der Waals surface area contributed by atoms with E-state index in [2.05, 4.69) is 13.8 Å². The number of carbonyl (C=O) groups excluding carboxylic acids is 1. The predicted molar refractivity (Wildman–Crippen MR) is 139 cm³/mol. The third-order valence-electron chi connectivity index (χ3n) is 6.35. The normalized spacial score (nSPS) is 15.2. The van der Waals surface area contributed by atoms with E-state index in [1.54, 1.807) is 35.2 Å². The summed E-state index contributed by atoms with van der Waals surface area (Å²) in [7, 11) is 0. The molecule has 0 spiro atoms. The molecule has 1 amide bonds. The van der Waals surface area contributed by atoms with Crippen molar-refractivity contribution >= 4 is 34.2 Å². The average molecular weight is 488 g/mol. The van der Waals surface area contributed by atoms with Crippen molar-refractivity contribution in [3.8, 4) is 5.75 Å². The molecule has 0 N–H and O–H groups in total. The molecule has 35 heavy (non-hydrogen) atoms. The molecule has 3 aromatic carbocycles. The Morgan fingerprint density at radius 3 is 2.60 bits per heavy atom. The topological polar surface area (TPSA) is 59.8 Å². The van der Waals surface area contributed by atoms with E-state index in [0.29, 0.717) is 45.5 Å². The number of aryl methyl sites for hydroxylation is 1. The van der Waals surface area contributed by atoms with Crippen LogP contribution in [0.3, 0.4) is 0 Å². The third-order valence-corrected chi connectivity index (χ3v) is 6.76. The lowest BCUT2D eigenvalue weighted by atomic mass is 9.98. The van der Waals surface area contributed by atoms with Gasteiger partial charge in [0.2, 0.25) is 5.76 Å². The van der Waals surface area contributed by atoms with Crippen LogP contribution in [0.15, 0.2) is 75.9 Å². The van der Waals surface area contributed by atoms with Crippen molar-refractivity contribution in [2.45, 2.75) is 33.2 Å². The number of carbonyl (C=O) groups is 1. The van der Waals surface area contributed by atoms with E-state index >= 15 is 0 Å². The van der Waals surface area contributed by atoms with Crippen molar-refractivity contribution in [3.05, 3.63) is 104 Å². The Morgan fingerprint density at radius 2 is 1.83 bits per heavy atom. The lowest BCUT2D eigenvalue weighted by molar-refractivity contribution is 0.0971. The van der Waals surface area contributed by atoms with Gasteiger partial charge in [-0.25, -0.2) is 0 Å². The van der Waals surface area contributed by atoms with E-state index in [9.17, 15) is 9.59 Å². The first-order valence-corrected chi connectivity index (χ1v) is 12.1. The van der Waals surface area contributed by atoms with Crippen molar-refractivity contribution in [3.63, 3.8) is 0 Å². The molecule has 4 aromatic rings. The number of fused-ring (bicyclic) bond motifs is 2. The number of anilines is 1. The van der Waals surface area contributed by atoms with Gasteiger partial charge in [0.15, 0.2) is 5.43 Å². The van der Waals surface area contributed by atoms with Crippen LogP contribution in [0.25, 0.3) is 11.0 Å². The Hall–Kier alpha value is -3.57. The van der Waals surface area contributed by atoms with Crippen LogP contribution in [0.4, 0.5) is 5.69 Å². The van der Waals surface area contributed by atoms with Gasteiger partial charge in [-0.05, 0) is 66.8 Å². The number of hydrogen-bond donors (Lipinski definition) is 0. The molecule has 0 radical (unpaired) electrons. The van der Waals surface area contributed by atoms with E-state index in [1.807, 2.05) is 43.3 Å². The number of rotatable bonds is 6. The molecule has 1 aliphatic heterocycles. The molecule has 1 unspecified atom stereocenters. The van der Waals surface area contributed by atoms with Crippen LogP contribution in [0.5, 0.6) is 5.75 Å². The maximum absolute atomic E-state index is 13.7. The van der Waals surface area contributed by atoms with Gasteiger partial charge in [-0.2, -0.15) is 0 Å². The molecule has 0 aliphatic carbocycles. The first kappa shape index (κ1) is 23.2. The molecule has 0 fully saturated rings. The summed E-state index contributed by atoms with van der Waals surface area (Å²) in [6.07, 6.45) is 0.929. The van der Waals surface area contributed by atoms with Crippen molar-refractivity contribution in [1.82, 2.24) is 0 Å². The fourth-order valence-corrected chi connectivity index (χ4v) is 4.59. The summed E-state index contributed by atoms with van der Waals surface area (Å²) < 4.78 is 12.0. The highest BCUT2D eigenvalue weighted by Crippen LogP contribution is 2.42. The van der Waals surface area contributed by atoms with Crippen LogP contribution >= 0.6 is 11.6 Å². The molecule has 0 bridgehead atoms. The highest BCUT2D eigenvalue weighted by molar-refractivity contribution is 6.31. The Balaban J connectivity index is 1.68. The number of benzene rings is 3. The molecule has 178 valence electrons. The SMILES string of the molecule is Cc1ccc(N2C(=O)c3oc4ccccc4c(=O)c3C2c2cccc(OCCC(C)C)c2)cc1Cl. The number of hydrogen-bond acceptors (Lipinski definition) is 4. The van der Waals surface area contributed by atoms with Crippen LogP contribution in [-0.2, 0) is 0 Å². The molecule has 1 atom stereocenters. The van der Waals surface area contributed by atoms with E-state index in [4.69, 9.17) is 20.8 Å². The number of para-hydroxylation sites is 1. The predicted octanol–water partition coefficient (Wildman–Crippen LogP) is 6.93. The average Bonchev–Trinajstić information content (AvgIpc) is 3.13. The van der Waals surface area contributed by atoms with Gasteiger partial charge in [-0.15, -0.1) is 0 Å². The first-order chi connectivity index (χ1) is 16.8. The smallest absolute Gasteiger partial charge is 0.295 e. The molecular formula is C29H26ClNO4. The van der Waals surface area contributed by atoms with E-state index in [0.717, 1.165) is 17.5 Å². The van der Waals surface area contributed by atoms with Crippen molar-refractivity contribution in [2.75, 3.05) is 11.5 Å². The second-order valence-corrected chi connectivity index (χ2v) is 9.69. The number of ether oxygens (including phenoxy) is 1. The van der Waals surface area contributed by atoms with Gasteiger partial charge in [0, 0.05) is 10.7 Å². The maximum atomic E-state index is 13.7. The summed E-state index contributed by atoms with van der Waals surface area (Å²) >= 11 is 6.43. The van der Waals surface area contributed by atoms with Crippen LogP contribution < -0.4 is 15.1 Å². The lowest BCUT2D eigenvalue weighted by Crippen LogP contribution is -2.29. The van der Waals surface area contributed by atoms with E-state index in [-0.39, 0.29) is 17.1 Å². The Bertz CT molecular complexity index is 1490. The minimum absolute atomic E-state index is 0.0570. The van der Waals surface area contributed by atoms with Crippen LogP contribution in [-0.4, -0.2) is 12.5 Å². The minimum Gasteiger partial charge on any atom is -0.494 e. The second-order valence-electron chi connectivity index (χ2n) is 9.28. The first-order valence-electron chi connectivity index (χ1n) is 11.7. The summed E-state index contributed by atoms with van der Waals surface area (Å²) in [5, 5.41) is 0.984. The zero-order chi connectivity index (χ0) is 24.7. The van der Waals surface area contributed by atoms with Crippen molar-refractivity contribution in [1.29, 1.82) is 0 Å². The van der Waals surface area contributed by atoms with Gasteiger partial charge in [-0.1, -0.05) is 55.8 Å². The number of halogens is 1. The summed E-state index contributed by atoms with van der Waals surface area (Å²) in [4.78, 5) is 29.0. The zero-order valence-electron chi connectivity index (χ0n) is 19.9. The zero-order valence-corrected chi connectivity index (χ0v) is 20.6. The van der Waals surface area contributed by atoms with Crippen LogP contribution in [0.1, 0.15) is 53.6 Å². The maximum Gasteiger partial charge on any atom is 0.295 e. The van der Waals surface area contributed by atoms with E-state index < -0.39 is 6.04 Å². The Labute approximate surface area is 208 Å². The Morgan fingerprint density at radius 1 is 1.03 bits per heavy atom. The van der Waals surface area contributed by atoms with Gasteiger partial charge in [0.1, 0.15) is 11.3 Å². The summed E-state index contributed by atoms with van der Waals surface area (Å²) in [6, 6.07) is 19.3. The second kappa shape index (κ2) is 9.23. The molecule has 5 rings (SSSR count). The van der Waals surface area contributed by atoms with Crippen LogP contribution in [0, 0.1) is 12.8 Å². The third kappa shape index (κ3) is 4.21.